The molecule has 1 amide bonds. The van der Waals surface area contributed by atoms with Crippen LogP contribution in [-0.4, -0.2) is 33.9 Å². The Morgan fingerprint density at radius 3 is 2.59 bits per heavy atom. The first-order valence-electron chi connectivity index (χ1n) is 13.0. The van der Waals surface area contributed by atoms with Crippen molar-refractivity contribution in [1.29, 1.82) is 0 Å². The first kappa shape index (κ1) is 23.2. The van der Waals surface area contributed by atoms with E-state index < -0.39 is 0 Å². The SMILES string of the molecule is CC(=O)Nc1cccc(C2=Cc3c(N4CCC(c5nc(-c6ccccc6)c(C)[nH]5)CC4)ccnc3C2)c1. The van der Waals surface area contributed by atoms with E-state index in [0.717, 1.165) is 72.1 Å². The van der Waals surface area contributed by atoms with E-state index in [2.05, 4.69) is 64.6 Å². The Kier molecular flexibility index (Phi) is 6.08. The number of hydrogen-bond acceptors (Lipinski definition) is 4. The number of imidazole rings is 1. The zero-order valence-electron chi connectivity index (χ0n) is 21.3. The zero-order chi connectivity index (χ0) is 25.4. The van der Waals surface area contributed by atoms with Crippen LogP contribution in [0.2, 0.25) is 0 Å². The van der Waals surface area contributed by atoms with Crippen molar-refractivity contribution in [2.45, 2.75) is 39.0 Å². The van der Waals surface area contributed by atoms with E-state index in [9.17, 15) is 4.79 Å². The molecule has 6 rings (SSSR count). The number of hydrogen-bond donors (Lipinski definition) is 2. The van der Waals surface area contributed by atoms with E-state index in [1.54, 1.807) is 0 Å². The molecule has 0 radical (unpaired) electrons. The quantitative estimate of drug-likeness (QED) is 0.349. The third-order valence-corrected chi connectivity index (χ3v) is 7.45. The van der Waals surface area contributed by atoms with Crippen LogP contribution >= 0.6 is 0 Å². The summed E-state index contributed by atoms with van der Waals surface area (Å²) in [6.07, 6.45) is 7.14. The normalized spacial score (nSPS) is 15.4. The van der Waals surface area contributed by atoms with Gasteiger partial charge in [0.05, 0.1) is 11.4 Å². The molecule has 1 aliphatic carbocycles. The van der Waals surface area contributed by atoms with Crippen LogP contribution in [0.1, 0.15) is 54.0 Å². The van der Waals surface area contributed by atoms with Gasteiger partial charge >= 0.3 is 0 Å². The van der Waals surface area contributed by atoms with E-state index in [4.69, 9.17) is 9.97 Å². The topological polar surface area (TPSA) is 73.9 Å². The van der Waals surface area contributed by atoms with Gasteiger partial charge in [-0.15, -0.1) is 0 Å². The number of pyridine rings is 1. The van der Waals surface area contributed by atoms with E-state index >= 15 is 0 Å². The number of fused-ring (bicyclic) bond motifs is 1. The molecule has 2 N–H and O–H groups in total. The van der Waals surface area contributed by atoms with Gasteiger partial charge in [-0.25, -0.2) is 4.98 Å². The number of nitrogens with zero attached hydrogens (tertiary/aromatic N) is 3. The summed E-state index contributed by atoms with van der Waals surface area (Å²) in [5.74, 6) is 1.48. The number of aromatic nitrogens is 3. The minimum absolute atomic E-state index is 0.0609. The van der Waals surface area contributed by atoms with Gasteiger partial charge in [-0.2, -0.15) is 0 Å². The highest BCUT2D eigenvalue weighted by Gasteiger charge is 2.27. The number of allylic oxidation sites excluding steroid dienone is 1. The summed E-state index contributed by atoms with van der Waals surface area (Å²) in [5, 5.41) is 2.89. The summed E-state index contributed by atoms with van der Waals surface area (Å²) in [5.41, 5.74) is 10.1. The Balaban J connectivity index is 1.19. The van der Waals surface area contributed by atoms with E-state index in [0.29, 0.717) is 5.92 Å². The van der Waals surface area contributed by atoms with Gasteiger partial charge in [-0.05, 0) is 55.2 Å². The van der Waals surface area contributed by atoms with Crippen LogP contribution in [0, 0.1) is 6.92 Å². The van der Waals surface area contributed by atoms with E-state index in [1.165, 1.54) is 23.7 Å². The molecule has 2 aromatic carbocycles. The number of aryl methyl sites for hydroxylation is 1. The van der Waals surface area contributed by atoms with Crippen LogP contribution in [0.25, 0.3) is 22.9 Å². The molecular weight excluding hydrogens is 458 g/mol. The number of amides is 1. The van der Waals surface area contributed by atoms with Crippen LogP contribution in [0.5, 0.6) is 0 Å². The summed E-state index contributed by atoms with van der Waals surface area (Å²) >= 11 is 0. The van der Waals surface area contributed by atoms with Crippen molar-refractivity contribution in [1.82, 2.24) is 15.0 Å². The smallest absolute Gasteiger partial charge is 0.221 e. The third kappa shape index (κ3) is 4.67. The molecule has 1 fully saturated rings. The monoisotopic (exact) mass is 489 g/mol. The Bertz CT molecular complexity index is 1480. The van der Waals surface area contributed by atoms with Crippen LogP contribution in [0.15, 0.2) is 66.9 Å². The predicted octanol–water partition coefficient (Wildman–Crippen LogP) is 6.22. The molecule has 6 nitrogen and oxygen atoms in total. The fourth-order valence-electron chi connectivity index (χ4n) is 5.62. The third-order valence-electron chi connectivity index (χ3n) is 7.45. The largest absolute Gasteiger partial charge is 0.371 e. The summed E-state index contributed by atoms with van der Waals surface area (Å²) < 4.78 is 0. The lowest BCUT2D eigenvalue weighted by molar-refractivity contribution is -0.114. The van der Waals surface area contributed by atoms with Gasteiger partial charge in [0.25, 0.3) is 0 Å². The highest BCUT2D eigenvalue weighted by molar-refractivity contribution is 5.94. The van der Waals surface area contributed by atoms with Crippen molar-refractivity contribution in [2.24, 2.45) is 0 Å². The number of piperidine rings is 1. The maximum atomic E-state index is 11.5. The first-order valence-corrected chi connectivity index (χ1v) is 13.0. The zero-order valence-corrected chi connectivity index (χ0v) is 21.3. The minimum Gasteiger partial charge on any atom is -0.371 e. The molecule has 0 unspecified atom stereocenters. The average Bonchev–Trinajstić information content (AvgIpc) is 3.53. The summed E-state index contributed by atoms with van der Waals surface area (Å²) in [6.45, 7) is 5.63. The average molecular weight is 490 g/mol. The second-order valence-corrected chi connectivity index (χ2v) is 10.0. The highest BCUT2D eigenvalue weighted by Crippen LogP contribution is 2.39. The van der Waals surface area contributed by atoms with Crippen LogP contribution in [0.3, 0.4) is 0 Å². The lowest BCUT2D eigenvalue weighted by Gasteiger charge is -2.33. The van der Waals surface area contributed by atoms with Crippen LogP contribution in [-0.2, 0) is 11.2 Å². The van der Waals surface area contributed by atoms with Crippen molar-refractivity contribution in [3.05, 3.63) is 95.2 Å². The van der Waals surface area contributed by atoms with Gasteiger partial charge in [-0.3, -0.25) is 9.78 Å². The van der Waals surface area contributed by atoms with Crippen LogP contribution in [0.4, 0.5) is 11.4 Å². The van der Waals surface area contributed by atoms with Gasteiger partial charge in [0.1, 0.15) is 5.82 Å². The van der Waals surface area contributed by atoms with Crippen LogP contribution < -0.4 is 10.2 Å². The van der Waals surface area contributed by atoms with Gasteiger partial charge in [-0.1, -0.05) is 42.5 Å². The summed E-state index contributed by atoms with van der Waals surface area (Å²) in [7, 11) is 0. The summed E-state index contributed by atoms with van der Waals surface area (Å²) in [4.78, 5) is 27.3. The number of benzene rings is 2. The molecule has 6 heteroatoms. The number of H-pyrrole nitrogens is 1. The number of carbonyl (C=O) groups excluding carboxylic acids is 1. The lowest BCUT2D eigenvalue weighted by Crippen LogP contribution is -2.33. The molecule has 4 aromatic rings. The number of nitrogens with one attached hydrogen (secondary N) is 2. The second-order valence-electron chi connectivity index (χ2n) is 10.0. The van der Waals surface area contributed by atoms with Gasteiger partial charge in [0.15, 0.2) is 0 Å². The fraction of sp³-hybridized carbons (Fsp3) is 0.258. The fourth-order valence-corrected chi connectivity index (χ4v) is 5.62. The first-order chi connectivity index (χ1) is 18.0. The van der Waals surface area contributed by atoms with Crippen molar-refractivity contribution >= 4 is 28.9 Å². The predicted molar refractivity (Wildman–Crippen MR) is 150 cm³/mol. The number of aromatic amines is 1. The van der Waals surface area contributed by atoms with Crippen molar-refractivity contribution in [3.63, 3.8) is 0 Å². The molecule has 186 valence electrons. The van der Waals surface area contributed by atoms with Gasteiger partial charge in [0, 0.05) is 66.7 Å². The Morgan fingerprint density at radius 1 is 1.03 bits per heavy atom. The molecule has 2 aromatic heterocycles. The van der Waals surface area contributed by atoms with E-state index in [1.807, 2.05) is 30.5 Å². The molecule has 0 saturated carbocycles. The molecule has 1 aliphatic heterocycles. The number of rotatable bonds is 5. The van der Waals surface area contributed by atoms with Gasteiger partial charge in [0.2, 0.25) is 5.91 Å². The molecule has 0 spiro atoms. The molecular formula is C31H31N5O. The molecule has 1 saturated heterocycles. The Labute approximate surface area is 217 Å². The highest BCUT2D eigenvalue weighted by atomic mass is 16.1. The number of anilines is 2. The summed E-state index contributed by atoms with van der Waals surface area (Å²) in [6, 6.07) is 20.6. The minimum atomic E-state index is -0.0609. The second kappa shape index (κ2) is 9.69. The molecule has 0 bridgehead atoms. The van der Waals surface area contributed by atoms with Crippen molar-refractivity contribution < 1.29 is 4.79 Å². The van der Waals surface area contributed by atoms with Crippen molar-refractivity contribution in [2.75, 3.05) is 23.3 Å². The molecule has 2 aliphatic rings. The molecule has 3 heterocycles. The standard InChI is InChI=1S/C31H31N5O/c1-20-30(22-7-4-3-5-8-22)35-31(33-20)23-12-15-36(16-13-23)29-11-14-32-28-19-25(18-27(28)29)24-9-6-10-26(17-24)34-21(2)37/h3-11,14,17-18,23H,12-13,15-16,19H2,1-2H3,(H,33,35)(H,34,37). The van der Waals surface area contributed by atoms with Gasteiger partial charge < -0.3 is 15.2 Å². The Hall–Kier alpha value is -4.19. The van der Waals surface area contributed by atoms with E-state index in [-0.39, 0.29) is 5.91 Å². The lowest BCUT2D eigenvalue weighted by atomic mass is 9.95. The van der Waals surface area contributed by atoms with Crippen molar-refractivity contribution in [3.8, 4) is 11.3 Å². The number of carbonyl (C=O) groups is 1. The molecule has 0 atom stereocenters. The maximum Gasteiger partial charge on any atom is 0.221 e. The maximum absolute atomic E-state index is 11.5. The molecule has 37 heavy (non-hydrogen) atoms. The Morgan fingerprint density at radius 2 is 1.81 bits per heavy atom.